The number of amides is 1. The summed E-state index contributed by atoms with van der Waals surface area (Å²) in [4.78, 5) is 12.0. The molecule has 2 fully saturated rings. The number of carbonyl (C=O) groups excluding carboxylic acids is 1. The topological polar surface area (TPSA) is 29.1 Å². The summed E-state index contributed by atoms with van der Waals surface area (Å²) in [6.45, 7) is 0. The van der Waals surface area contributed by atoms with Crippen molar-refractivity contribution in [3.8, 4) is 0 Å². The average Bonchev–Trinajstić information content (AvgIpc) is 2.97. The third-order valence-corrected chi connectivity index (χ3v) is 4.39. The molecule has 0 aliphatic heterocycles. The minimum atomic E-state index is -4.54. The molecule has 2 atom stereocenters. The molecule has 2 aliphatic carbocycles. The van der Waals surface area contributed by atoms with Crippen LogP contribution in [-0.4, -0.2) is 5.91 Å². The highest BCUT2D eigenvalue weighted by Crippen LogP contribution is 2.54. The number of hydrogen-bond donors (Lipinski definition) is 1. The van der Waals surface area contributed by atoms with Crippen molar-refractivity contribution in [3.63, 3.8) is 0 Å². The molecule has 0 heterocycles. The monoisotopic (exact) mass is 303 g/mol. The Morgan fingerprint density at radius 2 is 1.85 bits per heavy atom. The van der Waals surface area contributed by atoms with E-state index in [1.54, 1.807) is 0 Å². The second-order valence-corrected chi connectivity index (χ2v) is 6.04. The Morgan fingerprint density at radius 1 is 1.20 bits per heavy atom. The molecule has 2 nitrogen and oxygen atoms in total. The van der Waals surface area contributed by atoms with E-state index < -0.39 is 11.7 Å². The highest BCUT2D eigenvalue weighted by atomic mass is 35.5. The van der Waals surface area contributed by atoms with Gasteiger partial charge in [-0.25, -0.2) is 0 Å². The lowest BCUT2D eigenvalue weighted by atomic mass is 10.0. The van der Waals surface area contributed by atoms with E-state index in [0.29, 0.717) is 11.8 Å². The first-order valence-corrected chi connectivity index (χ1v) is 6.90. The molecule has 20 heavy (non-hydrogen) atoms. The lowest BCUT2D eigenvalue weighted by Gasteiger charge is -2.17. The summed E-state index contributed by atoms with van der Waals surface area (Å²) < 4.78 is 38.7. The van der Waals surface area contributed by atoms with Crippen molar-refractivity contribution in [2.24, 2.45) is 17.8 Å². The summed E-state index contributed by atoms with van der Waals surface area (Å²) in [6.07, 6.45) is -1.78. The minimum Gasteiger partial charge on any atom is -0.325 e. The SMILES string of the molecule is O=C(Nc1ccc(Cl)cc1C(F)(F)F)C1CC2CC2C1. The van der Waals surface area contributed by atoms with Crippen LogP contribution in [0.25, 0.3) is 0 Å². The average molecular weight is 304 g/mol. The largest absolute Gasteiger partial charge is 0.418 e. The van der Waals surface area contributed by atoms with Gasteiger partial charge in [0, 0.05) is 10.9 Å². The van der Waals surface area contributed by atoms with Crippen LogP contribution >= 0.6 is 11.6 Å². The van der Waals surface area contributed by atoms with E-state index in [2.05, 4.69) is 5.32 Å². The van der Waals surface area contributed by atoms with Gasteiger partial charge in [-0.15, -0.1) is 0 Å². The summed E-state index contributed by atoms with van der Waals surface area (Å²) >= 11 is 5.60. The van der Waals surface area contributed by atoms with Crippen molar-refractivity contribution in [3.05, 3.63) is 28.8 Å². The molecule has 0 bridgehead atoms. The molecule has 1 aromatic rings. The van der Waals surface area contributed by atoms with Crippen LogP contribution < -0.4 is 5.32 Å². The van der Waals surface area contributed by atoms with Gasteiger partial charge in [-0.1, -0.05) is 11.6 Å². The van der Waals surface area contributed by atoms with Gasteiger partial charge in [0.2, 0.25) is 5.91 Å². The van der Waals surface area contributed by atoms with Crippen molar-refractivity contribution in [1.29, 1.82) is 0 Å². The summed E-state index contributed by atoms with van der Waals surface area (Å²) in [7, 11) is 0. The predicted molar refractivity (Wildman–Crippen MR) is 69.4 cm³/mol. The van der Waals surface area contributed by atoms with Crippen LogP contribution in [0.4, 0.5) is 18.9 Å². The highest BCUT2D eigenvalue weighted by molar-refractivity contribution is 6.30. The first-order valence-electron chi connectivity index (χ1n) is 6.52. The van der Waals surface area contributed by atoms with Gasteiger partial charge in [-0.05, 0) is 49.3 Å². The zero-order valence-corrected chi connectivity index (χ0v) is 11.3. The van der Waals surface area contributed by atoms with Gasteiger partial charge in [-0.3, -0.25) is 4.79 Å². The fourth-order valence-electron chi connectivity index (χ4n) is 3.02. The molecule has 2 unspecified atom stereocenters. The first-order chi connectivity index (χ1) is 9.34. The summed E-state index contributed by atoms with van der Waals surface area (Å²) in [5, 5.41) is 2.41. The second kappa shape index (κ2) is 4.65. The first kappa shape index (κ1) is 13.7. The molecule has 0 saturated heterocycles. The number of fused-ring (bicyclic) bond motifs is 1. The van der Waals surface area contributed by atoms with Crippen molar-refractivity contribution in [2.45, 2.75) is 25.4 Å². The molecule has 1 amide bonds. The third kappa shape index (κ3) is 2.64. The van der Waals surface area contributed by atoms with E-state index in [-0.39, 0.29) is 22.5 Å². The number of carbonyl (C=O) groups is 1. The quantitative estimate of drug-likeness (QED) is 0.865. The number of hydrogen-bond acceptors (Lipinski definition) is 1. The van der Waals surface area contributed by atoms with Gasteiger partial charge in [0.15, 0.2) is 0 Å². The molecule has 2 saturated carbocycles. The Hall–Kier alpha value is -1.23. The number of halogens is 4. The Balaban J connectivity index is 1.78. The molecule has 0 radical (unpaired) electrons. The lowest BCUT2D eigenvalue weighted by Crippen LogP contribution is -2.23. The highest BCUT2D eigenvalue weighted by Gasteiger charge is 2.48. The zero-order chi connectivity index (χ0) is 14.5. The maximum Gasteiger partial charge on any atom is 0.418 e. The molecule has 1 aromatic carbocycles. The predicted octanol–water partition coefficient (Wildman–Crippen LogP) is 4.34. The van der Waals surface area contributed by atoms with Crippen molar-refractivity contribution in [2.75, 3.05) is 5.32 Å². The summed E-state index contributed by atoms with van der Waals surface area (Å²) in [6, 6.07) is 3.39. The van der Waals surface area contributed by atoms with Crippen molar-refractivity contribution >= 4 is 23.2 Å². The van der Waals surface area contributed by atoms with E-state index in [4.69, 9.17) is 11.6 Å². The zero-order valence-electron chi connectivity index (χ0n) is 10.5. The van der Waals surface area contributed by atoms with Crippen LogP contribution in [0.2, 0.25) is 5.02 Å². The fourth-order valence-corrected chi connectivity index (χ4v) is 3.20. The molecule has 108 valence electrons. The summed E-state index contributed by atoms with van der Waals surface area (Å²) in [5.74, 6) is 0.747. The van der Waals surface area contributed by atoms with Crippen LogP contribution in [0.3, 0.4) is 0 Å². The number of anilines is 1. The van der Waals surface area contributed by atoms with Crippen LogP contribution in [-0.2, 0) is 11.0 Å². The number of benzene rings is 1. The van der Waals surface area contributed by atoms with Crippen LogP contribution in [0.5, 0.6) is 0 Å². The van der Waals surface area contributed by atoms with Gasteiger partial charge in [0.1, 0.15) is 0 Å². The maximum atomic E-state index is 12.9. The van der Waals surface area contributed by atoms with Gasteiger partial charge in [0.25, 0.3) is 0 Å². The van der Waals surface area contributed by atoms with E-state index in [9.17, 15) is 18.0 Å². The fraction of sp³-hybridized carbons (Fsp3) is 0.500. The molecule has 6 heteroatoms. The maximum absolute atomic E-state index is 12.9. The molecule has 1 N–H and O–H groups in total. The van der Waals surface area contributed by atoms with E-state index in [0.717, 1.165) is 18.9 Å². The summed E-state index contributed by atoms with van der Waals surface area (Å²) in [5.41, 5.74) is -1.12. The third-order valence-electron chi connectivity index (χ3n) is 4.16. The minimum absolute atomic E-state index is 0.00238. The Kier molecular flexibility index (Phi) is 3.20. The van der Waals surface area contributed by atoms with E-state index >= 15 is 0 Å². The Labute approximate surface area is 119 Å². The molecular formula is C14H13ClF3NO. The van der Waals surface area contributed by atoms with Crippen molar-refractivity contribution < 1.29 is 18.0 Å². The smallest absolute Gasteiger partial charge is 0.325 e. The molecule has 2 aliphatic rings. The van der Waals surface area contributed by atoms with Crippen LogP contribution in [0.1, 0.15) is 24.8 Å². The van der Waals surface area contributed by atoms with Crippen LogP contribution in [0.15, 0.2) is 18.2 Å². The normalized spacial score (nSPS) is 28.1. The van der Waals surface area contributed by atoms with E-state index in [1.165, 1.54) is 18.6 Å². The number of nitrogens with one attached hydrogen (secondary N) is 1. The van der Waals surface area contributed by atoms with Gasteiger partial charge >= 0.3 is 6.18 Å². The van der Waals surface area contributed by atoms with Gasteiger partial charge in [0.05, 0.1) is 11.3 Å². The molecule has 3 rings (SSSR count). The molecule has 0 spiro atoms. The Morgan fingerprint density at radius 3 is 2.45 bits per heavy atom. The van der Waals surface area contributed by atoms with Crippen molar-refractivity contribution in [1.82, 2.24) is 0 Å². The standard InChI is InChI=1S/C14H13ClF3NO/c15-10-1-2-12(11(6-10)14(16,17)18)19-13(20)9-4-7-3-8(7)5-9/h1-2,6-9H,3-5H2,(H,19,20). The van der Waals surface area contributed by atoms with Gasteiger partial charge in [-0.2, -0.15) is 13.2 Å². The second-order valence-electron chi connectivity index (χ2n) is 5.60. The number of rotatable bonds is 2. The Bertz CT molecular complexity index is 548. The van der Waals surface area contributed by atoms with Gasteiger partial charge < -0.3 is 5.32 Å². The van der Waals surface area contributed by atoms with E-state index in [1.807, 2.05) is 0 Å². The number of alkyl halides is 3. The molecular weight excluding hydrogens is 291 g/mol. The van der Waals surface area contributed by atoms with Crippen LogP contribution in [0, 0.1) is 17.8 Å². The lowest BCUT2D eigenvalue weighted by molar-refractivity contribution is -0.137. The molecule has 0 aromatic heterocycles.